The highest BCUT2D eigenvalue weighted by molar-refractivity contribution is 5.80. The summed E-state index contributed by atoms with van der Waals surface area (Å²) in [6, 6.07) is 17.5. The number of fused-ring (bicyclic) bond motifs is 3. The Morgan fingerprint density at radius 2 is 1.79 bits per heavy atom. The number of para-hydroxylation sites is 2. The summed E-state index contributed by atoms with van der Waals surface area (Å²) in [5.41, 5.74) is 7.54. The fourth-order valence-corrected chi connectivity index (χ4v) is 4.83. The predicted molar refractivity (Wildman–Crippen MR) is 114 cm³/mol. The van der Waals surface area contributed by atoms with Crippen LogP contribution in [0.4, 0.5) is 5.69 Å². The molecule has 2 aromatic carbocycles. The lowest BCUT2D eigenvalue weighted by atomic mass is 9.83. The number of rotatable bonds is 7. The lowest BCUT2D eigenvalue weighted by Crippen LogP contribution is -2.65. The molecule has 2 atom stereocenters. The van der Waals surface area contributed by atoms with Gasteiger partial charge in [-0.3, -0.25) is 4.79 Å². The summed E-state index contributed by atoms with van der Waals surface area (Å²) in [6.07, 6.45) is 2.23. The molecule has 5 rings (SSSR count). The van der Waals surface area contributed by atoms with Crippen molar-refractivity contribution in [2.75, 3.05) is 38.5 Å². The second-order valence-electron chi connectivity index (χ2n) is 8.52. The maximum absolute atomic E-state index is 12.8. The van der Waals surface area contributed by atoms with E-state index in [1.54, 1.807) is 0 Å². The van der Waals surface area contributed by atoms with E-state index in [1.165, 1.54) is 0 Å². The van der Waals surface area contributed by atoms with Crippen molar-refractivity contribution in [3.8, 4) is 5.75 Å². The minimum Gasteiger partial charge on any atom is -0.488 e. The number of nitrogens with zero attached hydrogens (tertiary/aromatic N) is 1. The van der Waals surface area contributed by atoms with E-state index in [9.17, 15) is 4.79 Å². The Morgan fingerprint density at radius 1 is 1.10 bits per heavy atom. The molecule has 0 aliphatic carbocycles. The molecule has 5 heteroatoms. The Kier molecular flexibility index (Phi) is 5.76. The fraction of sp³-hybridized carbons (Fsp3) is 0.458. The molecule has 0 spiro atoms. The average molecular weight is 396 g/mol. The van der Waals surface area contributed by atoms with Gasteiger partial charge in [-0.2, -0.15) is 0 Å². The summed E-state index contributed by atoms with van der Waals surface area (Å²) in [5, 5.41) is 0. The number of nitrogens with two attached hydrogens (primary N) is 1. The predicted octanol–water partition coefficient (Wildman–Crippen LogP) is 3.60. The fourth-order valence-electron chi connectivity index (χ4n) is 4.83. The van der Waals surface area contributed by atoms with Crippen molar-refractivity contribution in [1.82, 2.24) is 0 Å². The molecule has 0 unspecified atom stereocenters. The Hall–Kier alpha value is -2.53. The second kappa shape index (κ2) is 8.46. The van der Waals surface area contributed by atoms with Crippen molar-refractivity contribution >= 4 is 11.7 Å². The third-order valence-electron chi connectivity index (χ3n) is 6.70. The molecule has 3 aliphatic heterocycles. The lowest BCUT2D eigenvalue weighted by molar-refractivity contribution is -0.946. The van der Waals surface area contributed by atoms with Crippen LogP contribution in [-0.4, -0.2) is 49.3 Å². The van der Waals surface area contributed by atoms with E-state index in [4.69, 9.17) is 15.2 Å². The summed E-state index contributed by atoms with van der Waals surface area (Å²) < 4.78 is 13.0. The van der Waals surface area contributed by atoms with E-state index in [1.807, 2.05) is 61.5 Å². The topological polar surface area (TPSA) is 61.5 Å². The Balaban J connectivity index is 1.35. The van der Waals surface area contributed by atoms with Crippen LogP contribution in [0.25, 0.3) is 0 Å². The van der Waals surface area contributed by atoms with Gasteiger partial charge in [0.25, 0.3) is 0 Å². The minimum absolute atomic E-state index is 0.00545. The Bertz CT molecular complexity index is 831. The molecule has 2 N–H and O–H groups in total. The molecule has 3 heterocycles. The largest absolute Gasteiger partial charge is 0.488 e. The quantitative estimate of drug-likeness (QED) is 0.442. The number of hydrogen-bond donors (Lipinski definition) is 1. The van der Waals surface area contributed by atoms with Gasteiger partial charge in [0.1, 0.15) is 25.4 Å². The molecular weight excluding hydrogens is 364 g/mol. The molecule has 3 aliphatic rings. The number of quaternary nitrogens is 1. The lowest BCUT2D eigenvalue weighted by Gasteiger charge is -2.52. The standard InChI is InChI=1S/C24H31N2O3/c1-18(21-9-5-6-10-22(21)25)24(27)29-23-17-26(13-11-19(23)12-14-26)15-16-28-20-7-3-2-4-8-20/h2-10,18-19,23H,11-17,25H2,1H3/q+1/t18-,19?,23-,26?/m0/s1. The highest BCUT2D eigenvalue weighted by Gasteiger charge is 2.47. The van der Waals surface area contributed by atoms with Crippen LogP contribution in [0.15, 0.2) is 54.6 Å². The first-order valence-corrected chi connectivity index (χ1v) is 10.6. The second-order valence-corrected chi connectivity index (χ2v) is 8.52. The maximum atomic E-state index is 12.8. The third-order valence-corrected chi connectivity index (χ3v) is 6.70. The van der Waals surface area contributed by atoms with Crippen molar-refractivity contribution in [1.29, 1.82) is 0 Å². The molecule has 0 aromatic heterocycles. The van der Waals surface area contributed by atoms with E-state index in [0.29, 0.717) is 18.2 Å². The summed E-state index contributed by atoms with van der Waals surface area (Å²) in [5.74, 6) is 0.881. The minimum atomic E-state index is -0.346. The van der Waals surface area contributed by atoms with Crippen LogP contribution in [0, 0.1) is 5.92 Å². The Morgan fingerprint density at radius 3 is 2.52 bits per heavy atom. The maximum Gasteiger partial charge on any atom is 0.313 e. The highest BCUT2D eigenvalue weighted by Crippen LogP contribution is 2.36. The molecule has 154 valence electrons. The molecular formula is C24H31N2O3+. The van der Waals surface area contributed by atoms with Gasteiger partial charge in [-0.15, -0.1) is 0 Å². The van der Waals surface area contributed by atoms with Gasteiger partial charge in [0.2, 0.25) is 0 Å². The monoisotopic (exact) mass is 395 g/mol. The van der Waals surface area contributed by atoms with Gasteiger partial charge in [-0.05, 0) is 30.7 Å². The number of carbonyl (C=O) groups is 1. The van der Waals surface area contributed by atoms with Gasteiger partial charge in [-0.1, -0.05) is 36.4 Å². The van der Waals surface area contributed by atoms with Gasteiger partial charge < -0.3 is 19.7 Å². The summed E-state index contributed by atoms with van der Waals surface area (Å²) >= 11 is 0. The van der Waals surface area contributed by atoms with Gasteiger partial charge in [0.15, 0.2) is 6.10 Å². The van der Waals surface area contributed by atoms with Gasteiger partial charge in [0.05, 0.1) is 19.0 Å². The first-order valence-electron chi connectivity index (χ1n) is 10.6. The van der Waals surface area contributed by atoms with Crippen LogP contribution in [-0.2, 0) is 9.53 Å². The van der Waals surface area contributed by atoms with Crippen molar-refractivity contribution in [2.24, 2.45) is 5.92 Å². The van der Waals surface area contributed by atoms with Crippen LogP contribution >= 0.6 is 0 Å². The van der Waals surface area contributed by atoms with Gasteiger partial charge in [0, 0.05) is 24.4 Å². The van der Waals surface area contributed by atoms with E-state index in [0.717, 1.165) is 54.8 Å². The van der Waals surface area contributed by atoms with E-state index in [-0.39, 0.29) is 18.0 Å². The number of anilines is 1. The highest BCUT2D eigenvalue weighted by atomic mass is 16.5. The number of hydrogen-bond acceptors (Lipinski definition) is 4. The smallest absolute Gasteiger partial charge is 0.313 e. The van der Waals surface area contributed by atoms with E-state index in [2.05, 4.69) is 0 Å². The van der Waals surface area contributed by atoms with Gasteiger partial charge in [-0.25, -0.2) is 0 Å². The molecule has 3 fully saturated rings. The zero-order valence-corrected chi connectivity index (χ0v) is 17.1. The summed E-state index contributed by atoms with van der Waals surface area (Å²) in [6.45, 7) is 6.72. The van der Waals surface area contributed by atoms with Crippen LogP contribution in [0.5, 0.6) is 5.75 Å². The molecule has 29 heavy (non-hydrogen) atoms. The Labute approximate surface area is 173 Å². The molecule has 5 nitrogen and oxygen atoms in total. The zero-order chi connectivity index (χ0) is 20.3. The van der Waals surface area contributed by atoms with Crippen molar-refractivity contribution in [2.45, 2.75) is 31.8 Å². The van der Waals surface area contributed by atoms with Crippen molar-refractivity contribution in [3.05, 3.63) is 60.2 Å². The zero-order valence-electron chi connectivity index (χ0n) is 17.1. The molecule has 2 bridgehead atoms. The van der Waals surface area contributed by atoms with Gasteiger partial charge >= 0.3 is 5.97 Å². The molecule has 0 amide bonds. The number of ether oxygens (including phenoxy) is 2. The van der Waals surface area contributed by atoms with Crippen molar-refractivity contribution < 1.29 is 18.8 Å². The number of piperidine rings is 3. The van der Waals surface area contributed by atoms with E-state index < -0.39 is 0 Å². The van der Waals surface area contributed by atoms with Crippen LogP contribution in [0.2, 0.25) is 0 Å². The average Bonchev–Trinajstić information content (AvgIpc) is 2.75. The van der Waals surface area contributed by atoms with Crippen LogP contribution < -0.4 is 10.5 Å². The van der Waals surface area contributed by atoms with E-state index >= 15 is 0 Å². The van der Waals surface area contributed by atoms with Crippen LogP contribution in [0.3, 0.4) is 0 Å². The first-order chi connectivity index (χ1) is 14.1. The third kappa shape index (κ3) is 4.40. The van der Waals surface area contributed by atoms with Crippen LogP contribution in [0.1, 0.15) is 31.2 Å². The molecule has 0 radical (unpaired) electrons. The molecule has 3 saturated heterocycles. The molecule has 0 saturated carbocycles. The number of benzene rings is 2. The normalized spacial score (nSPS) is 26.7. The number of nitrogen functional groups attached to an aromatic ring is 1. The number of carbonyl (C=O) groups excluding carboxylic acids is 1. The number of esters is 1. The first kappa shape index (κ1) is 19.8. The summed E-state index contributed by atoms with van der Waals surface area (Å²) in [7, 11) is 0. The molecule has 2 aromatic rings. The van der Waals surface area contributed by atoms with Crippen molar-refractivity contribution in [3.63, 3.8) is 0 Å². The summed E-state index contributed by atoms with van der Waals surface area (Å²) in [4.78, 5) is 12.8. The SMILES string of the molecule is C[C@H](C(=O)O[C@H]1C[N+]2(CCOc3ccccc3)CCC1CC2)c1ccccc1N.